The van der Waals surface area contributed by atoms with Gasteiger partial charge in [-0.2, -0.15) is 0 Å². The molecule has 3 aromatic rings. The number of nitrogens with two attached hydrogens (primary N) is 2. The fraction of sp³-hybridized carbons (Fsp3) is 0.143. The second-order valence-corrected chi connectivity index (χ2v) is 6.04. The number of anilines is 1. The van der Waals surface area contributed by atoms with E-state index in [1.165, 1.54) is 6.07 Å². The number of aryl methyl sites for hydroxylation is 1. The molecular weight excluding hydrogens is 299 g/mol. The summed E-state index contributed by atoms with van der Waals surface area (Å²) in [5.74, 6) is -0.248. The molecule has 2 nitrogen and oxygen atoms in total. The van der Waals surface area contributed by atoms with Crippen molar-refractivity contribution in [2.45, 2.75) is 12.8 Å². The third-order valence-electron chi connectivity index (χ3n) is 4.36. The monoisotopic (exact) mass is 320 g/mol. The summed E-state index contributed by atoms with van der Waals surface area (Å²) in [7, 11) is 0. The van der Waals surface area contributed by atoms with E-state index >= 15 is 0 Å². The first-order chi connectivity index (χ1) is 11.6. The third kappa shape index (κ3) is 3.31. The maximum atomic E-state index is 13.5. The molecule has 3 aromatic carbocycles. The average molecular weight is 320 g/mol. The standard InChI is InChI=1S/C21H21FN2/c1-14-11-19(24)9-10-20(14)15-5-7-16(8-6-15)21(13-23)17-3-2-4-18(22)12-17/h2-12,21H,13,23-24H2,1H3. The van der Waals surface area contributed by atoms with Crippen LogP contribution < -0.4 is 11.5 Å². The van der Waals surface area contributed by atoms with Crippen LogP contribution in [0.1, 0.15) is 22.6 Å². The van der Waals surface area contributed by atoms with Crippen LogP contribution in [0, 0.1) is 12.7 Å². The fourth-order valence-electron chi connectivity index (χ4n) is 3.09. The largest absolute Gasteiger partial charge is 0.399 e. The van der Waals surface area contributed by atoms with E-state index in [9.17, 15) is 4.39 Å². The number of rotatable bonds is 4. The Bertz CT molecular complexity index is 841. The van der Waals surface area contributed by atoms with E-state index in [1.54, 1.807) is 12.1 Å². The summed E-state index contributed by atoms with van der Waals surface area (Å²) in [6.07, 6.45) is 0. The van der Waals surface area contributed by atoms with Gasteiger partial charge in [-0.15, -0.1) is 0 Å². The summed E-state index contributed by atoms with van der Waals surface area (Å²) in [6, 6.07) is 20.8. The SMILES string of the molecule is Cc1cc(N)ccc1-c1ccc(C(CN)c2cccc(F)c2)cc1. The zero-order valence-electron chi connectivity index (χ0n) is 13.7. The Kier molecular flexibility index (Phi) is 4.63. The molecule has 0 radical (unpaired) electrons. The number of halogens is 1. The molecule has 4 N–H and O–H groups in total. The molecule has 0 aromatic heterocycles. The van der Waals surface area contributed by atoms with Gasteiger partial charge in [0.15, 0.2) is 0 Å². The number of hydrogen-bond acceptors (Lipinski definition) is 2. The van der Waals surface area contributed by atoms with Crippen LogP contribution in [0.2, 0.25) is 0 Å². The van der Waals surface area contributed by atoms with Gasteiger partial charge in [0.25, 0.3) is 0 Å². The van der Waals surface area contributed by atoms with E-state index in [1.807, 2.05) is 24.3 Å². The highest BCUT2D eigenvalue weighted by Gasteiger charge is 2.13. The topological polar surface area (TPSA) is 52.0 Å². The average Bonchev–Trinajstić information content (AvgIpc) is 2.57. The maximum Gasteiger partial charge on any atom is 0.123 e. The molecule has 1 atom stereocenters. The van der Waals surface area contributed by atoms with Crippen LogP contribution in [0.3, 0.4) is 0 Å². The van der Waals surface area contributed by atoms with E-state index in [-0.39, 0.29) is 11.7 Å². The molecular formula is C21H21FN2. The highest BCUT2D eigenvalue weighted by molar-refractivity contribution is 5.69. The Labute approximate surface area is 141 Å². The summed E-state index contributed by atoms with van der Waals surface area (Å²) in [6.45, 7) is 2.48. The third-order valence-corrected chi connectivity index (χ3v) is 4.36. The van der Waals surface area contributed by atoms with E-state index in [2.05, 4.69) is 31.2 Å². The molecule has 0 amide bonds. The van der Waals surface area contributed by atoms with E-state index < -0.39 is 0 Å². The predicted octanol–water partition coefficient (Wildman–Crippen LogP) is 4.47. The first-order valence-electron chi connectivity index (χ1n) is 8.00. The van der Waals surface area contributed by atoms with Crippen molar-refractivity contribution in [2.24, 2.45) is 5.73 Å². The van der Waals surface area contributed by atoms with Gasteiger partial charge in [0.1, 0.15) is 5.82 Å². The number of benzene rings is 3. The molecule has 1 unspecified atom stereocenters. The Balaban J connectivity index is 1.93. The molecule has 24 heavy (non-hydrogen) atoms. The van der Waals surface area contributed by atoms with Gasteiger partial charge in [-0.25, -0.2) is 4.39 Å². The van der Waals surface area contributed by atoms with Crippen LogP contribution in [0.4, 0.5) is 10.1 Å². The number of nitrogen functional groups attached to an aromatic ring is 1. The molecule has 122 valence electrons. The Morgan fingerprint density at radius 1 is 0.917 bits per heavy atom. The minimum Gasteiger partial charge on any atom is -0.399 e. The van der Waals surface area contributed by atoms with Crippen molar-refractivity contribution in [3.8, 4) is 11.1 Å². The van der Waals surface area contributed by atoms with Gasteiger partial charge in [0, 0.05) is 18.2 Å². The van der Waals surface area contributed by atoms with Gasteiger partial charge in [0.05, 0.1) is 0 Å². The van der Waals surface area contributed by atoms with E-state index in [0.29, 0.717) is 6.54 Å². The highest BCUT2D eigenvalue weighted by atomic mass is 19.1. The van der Waals surface area contributed by atoms with Crippen molar-refractivity contribution in [3.63, 3.8) is 0 Å². The molecule has 0 saturated carbocycles. The molecule has 0 aliphatic rings. The molecule has 3 rings (SSSR count). The van der Waals surface area contributed by atoms with Crippen LogP contribution in [0.25, 0.3) is 11.1 Å². The summed E-state index contributed by atoms with van der Waals surface area (Å²) >= 11 is 0. The van der Waals surface area contributed by atoms with Crippen molar-refractivity contribution in [2.75, 3.05) is 12.3 Å². The van der Waals surface area contributed by atoms with Gasteiger partial charge in [-0.1, -0.05) is 42.5 Å². The molecule has 0 aliphatic heterocycles. The second-order valence-electron chi connectivity index (χ2n) is 6.04. The van der Waals surface area contributed by atoms with Crippen LogP contribution in [-0.2, 0) is 0 Å². The van der Waals surface area contributed by atoms with Crippen LogP contribution >= 0.6 is 0 Å². The lowest BCUT2D eigenvalue weighted by atomic mass is 9.89. The van der Waals surface area contributed by atoms with Crippen molar-refractivity contribution >= 4 is 5.69 Å². The smallest absolute Gasteiger partial charge is 0.123 e. The summed E-state index contributed by atoms with van der Waals surface area (Å²) < 4.78 is 13.5. The molecule has 0 fully saturated rings. The van der Waals surface area contributed by atoms with Gasteiger partial charge in [-0.3, -0.25) is 0 Å². The normalized spacial score (nSPS) is 12.1. The predicted molar refractivity (Wildman–Crippen MR) is 98.3 cm³/mol. The minimum atomic E-state index is -0.236. The van der Waals surface area contributed by atoms with Crippen molar-refractivity contribution < 1.29 is 4.39 Å². The number of hydrogen-bond donors (Lipinski definition) is 2. The minimum absolute atomic E-state index is 0.0118. The summed E-state index contributed by atoms with van der Waals surface area (Å²) in [4.78, 5) is 0. The lowest BCUT2D eigenvalue weighted by molar-refractivity contribution is 0.623. The van der Waals surface area contributed by atoms with E-state index in [0.717, 1.165) is 33.5 Å². The first-order valence-corrected chi connectivity index (χ1v) is 8.00. The molecule has 0 heterocycles. The fourth-order valence-corrected chi connectivity index (χ4v) is 3.09. The van der Waals surface area contributed by atoms with Crippen molar-refractivity contribution in [3.05, 3.63) is 89.2 Å². The molecule has 0 aliphatic carbocycles. The van der Waals surface area contributed by atoms with Crippen LogP contribution in [0.5, 0.6) is 0 Å². The lowest BCUT2D eigenvalue weighted by Gasteiger charge is -2.17. The first kappa shape index (κ1) is 16.2. The van der Waals surface area contributed by atoms with E-state index in [4.69, 9.17) is 11.5 Å². The Morgan fingerprint density at radius 3 is 2.29 bits per heavy atom. The molecule has 0 spiro atoms. The molecule has 0 bridgehead atoms. The zero-order chi connectivity index (χ0) is 17.1. The Hall–Kier alpha value is -2.65. The van der Waals surface area contributed by atoms with Crippen molar-refractivity contribution in [1.82, 2.24) is 0 Å². The second kappa shape index (κ2) is 6.85. The van der Waals surface area contributed by atoms with Crippen molar-refractivity contribution in [1.29, 1.82) is 0 Å². The van der Waals surface area contributed by atoms with Crippen LogP contribution in [-0.4, -0.2) is 6.54 Å². The summed E-state index contributed by atoms with van der Waals surface area (Å²) in [5.41, 5.74) is 17.9. The highest BCUT2D eigenvalue weighted by Crippen LogP contribution is 2.29. The summed E-state index contributed by atoms with van der Waals surface area (Å²) in [5, 5.41) is 0. The van der Waals surface area contributed by atoms with Gasteiger partial charge < -0.3 is 11.5 Å². The Morgan fingerprint density at radius 2 is 1.67 bits per heavy atom. The van der Waals surface area contributed by atoms with Gasteiger partial charge in [0.2, 0.25) is 0 Å². The lowest BCUT2D eigenvalue weighted by Crippen LogP contribution is -2.14. The maximum absolute atomic E-state index is 13.5. The van der Waals surface area contributed by atoms with Crippen LogP contribution in [0.15, 0.2) is 66.7 Å². The molecule has 3 heteroatoms. The van der Waals surface area contributed by atoms with Gasteiger partial charge in [-0.05, 0) is 59.0 Å². The van der Waals surface area contributed by atoms with Gasteiger partial charge >= 0.3 is 0 Å². The molecule has 0 saturated heterocycles. The quantitative estimate of drug-likeness (QED) is 0.697. The zero-order valence-corrected chi connectivity index (χ0v) is 13.7.